The van der Waals surface area contributed by atoms with Crippen molar-refractivity contribution in [2.24, 2.45) is 0 Å². The second kappa shape index (κ2) is 5.65. The fourth-order valence-electron chi connectivity index (χ4n) is 2.28. The first-order valence-corrected chi connectivity index (χ1v) is 7.68. The summed E-state index contributed by atoms with van der Waals surface area (Å²) < 4.78 is 5.63. The van der Waals surface area contributed by atoms with E-state index in [-0.39, 0.29) is 23.6 Å². The van der Waals surface area contributed by atoms with Crippen LogP contribution in [0.5, 0.6) is 0 Å². The minimum atomic E-state index is -0.802. The predicted octanol–water partition coefficient (Wildman–Crippen LogP) is 1.64. The molecule has 0 N–H and O–H groups in total. The number of amides is 1. The number of esters is 1. The summed E-state index contributed by atoms with van der Waals surface area (Å²) >= 11 is 6.48. The molecule has 2 atom stereocenters. The molecular weight excluding hydrogens is 328 g/mol. The van der Waals surface area contributed by atoms with Crippen molar-refractivity contribution >= 4 is 45.7 Å². The highest BCUT2D eigenvalue weighted by atomic mass is 32.2. The van der Waals surface area contributed by atoms with Gasteiger partial charge in [-0.2, -0.15) is 0 Å². The molecule has 1 unspecified atom stereocenters. The highest BCUT2D eigenvalue weighted by molar-refractivity contribution is 8.24. The van der Waals surface area contributed by atoms with Gasteiger partial charge in [0.1, 0.15) is 6.61 Å². The summed E-state index contributed by atoms with van der Waals surface area (Å²) in [5.74, 6) is -0.666. The van der Waals surface area contributed by atoms with Crippen LogP contribution in [0.4, 0.5) is 5.69 Å². The number of fused-ring (bicyclic) bond motifs is 1. The van der Waals surface area contributed by atoms with Crippen molar-refractivity contribution in [3.8, 4) is 0 Å². The second-order valence-electron chi connectivity index (χ2n) is 4.83. The topological polar surface area (TPSA) is 89.7 Å². The molecule has 7 nitrogen and oxygen atoms in total. The average molecular weight is 338 g/mol. The van der Waals surface area contributed by atoms with E-state index in [2.05, 4.69) is 0 Å². The number of hydrogen-bond donors (Lipinski definition) is 0. The van der Waals surface area contributed by atoms with Crippen molar-refractivity contribution in [2.45, 2.75) is 24.4 Å². The number of ether oxygens (including phenoxy) is 1. The van der Waals surface area contributed by atoms with E-state index in [9.17, 15) is 19.7 Å². The summed E-state index contributed by atoms with van der Waals surface area (Å²) in [6.07, 6.45) is 0.400. The van der Waals surface area contributed by atoms with E-state index in [0.29, 0.717) is 16.2 Å². The SMILES string of the molecule is O=C(OCc1ccc([N+](=O)[O-])cc1)C1C(=S)S[C@@H]2CC(=O)N12. The molecule has 0 aromatic heterocycles. The van der Waals surface area contributed by atoms with Crippen LogP contribution in [0.15, 0.2) is 24.3 Å². The molecule has 1 aromatic carbocycles. The van der Waals surface area contributed by atoms with Gasteiger partial charge in [0.15, 0.2) is 6.04 Å². The number of rotatable bonds is 4. The number of thioether (sulfide) groups is 1. The average Bonchev–Trinajstić information content (AvgIpc) is 2.76. The summed E-state index contributed by atoms with van der Waals surface area (Å²) in [5, 5.41) is 10.5. The maximum atomic E-state index is 12.1. The van der Waals surface area contributed by atoms with Crippen LogP contribution in [0.1, 0.15) is 12.0 Å². The lowest BCUT2D eigenvalue weighted by atomic mass is 10.1. The molecule has 114 valence electrons. The standard InChI is InChI=1S/C13H10N2O5S2/c16-9-5-10-14(9)11(13(21)22-10)12(17)20-6-7-1-3-8(4-2-7)15(18)19/h1-4,10-11H,5-6H2/t10-,11?/m1/s1. The molecule has 0 aliphatic carbocycles. The first kappa shape index (κ1) is 14.9. The van der Waals surface area contributed by atoms with Gasteiger partial charge in [0, 0.05) is 12.1 Å². The summed E-state index contributed by atoms with van der Waals surface area (Å²) in [7, 11) is 0. The van der Waals surface area contributed by atoms with Gasteiger partial charge in [0.25, 0.3) is 5.69 Å². The lowest BCUT2D eigenvalue weighted by Crippen LogP contribution is -2.55. The van der Waals surface area contributed by atoms with Gasteiger partial charge in [-0.15, -0.1) is 0 Å². The monoisotopic (exact) mass is 338 g/mol. The molecule has 0 spiro atoms. The van der Waals surface area contributed by atoms with Crippen LogP contribution in [0, 0.1) is 10.1 Å². The molecule has 2 fully saturated rings. The summed E-state index contributed by atoms with van der Waals surface area (Å²) in [6, 6.07) is 4.92. The van der Waals surface area contributed by atoms with Gasteiger partial charge in [-0.1, -0.05) is 24.0 Å². The largest absolute Gasteiger partial charge is 0.459 e. The van der Waals surface area contributed by atoms with Gasteiger partial charge in [-0.3, -0.25) is 14.9 Å². The summed E-state index contributed by atoms with van der Waals surface area (Å²) in [6.45, 7) is -0.0205. The van der Waals surface area contributed by atoms with E-state index >= 15 is 0 Å². The zero-order chi connectivity index (χ0) is 15.9. The molecule has 9 heteroatoms. The van der Waals surface area contributed by atoms with Crippen molar-refractivity contribution in [3.63, 3.8) is 0 Å². The molecule has 1 amide bonds. The number of β-lactam (4-membered cyclic amide) rings is 1. The van der Waals surface area contributed by atoms with Gasteiger partial charge < -0.3 is 9.64 Å². The summed E-state index contributed by atoms with van der Waals surface area (Å²) in [5.41, 5.74) is 0.597. The van der Waals surface area contributed by atoms with Gasteiger partial charge in [-0.25, -0.2) is 4.79 Å². The number of carbonyl (C=O) groups excluding carboxylic acids is 2. The quantitative estimate of drug-likeness (QED) is 0.271. The Morgan fingerprint density at radius 3 is 2.73 bits per heavy atom. The van der Waals surface area contributed by atoms with Crippen LogP contribution < -0.4 is 0 Å². The first-order chi connectivity index (χ1) is 10.5. The highest BCUT2D eigenvalue weighted by Gasteiger charge is 2.53. The van der Waals surface area contributed by atoms with E-state index in [1.54, 1.807) is 0 Å². The molecule has 2 heterocycles. The van der Waals surface area contributed by atoms with Crippen molar-refractivity contribution in [1.82, 2.24) is 4.90 Å². The molecule has 0 saturated carbocycles. The van der Waals surface area contributed by atoms with Crippen LogP contribution in [-0.4, -0.2) is 37.3 Å². The Hall–Kier alpha value is -2.00. The molecule has 22 heavy (non-hydrogen) atoms. The van der Waals surface area contributed by atoms with Crippen LogP contribution in [-0.2, 0) is 20.9 Å². The molecule has 1 aromatic rings. The van der Waals surface area contributed by atoms with Crippen molar-refractivity contribution in [2.75, 3.05) is 0 Å². The number of carbonyl (C=O) groups is 2. The number of nitro groups is 1. The maximum Gasteiger partial charge on any atom is 0.335 e. The van der Waals surface area contributed by atoms with E-state index in [1.807, 2.05) is 0 Å². The van der Waals surface area contributed by atoms with E-state index < -0.39 is 16.9 Å². The van der Waals surface area contributed by atoms with Gasteiger partial charge in [0.2, 0.25) is 5.91 Å². The van der Waals surface area contributed by atoms with Crippen LogP contribution in [0.3, 0.4) is 0 Å². The fourth-order valence-corrected chi connectivity index (χ4v) is 4.01. The Labute approximate surface area is 134 Å². The third-order valence-electron chi connectivity index (χ3n) is 3.45. The first-order valence-electron chi connectivity index (χ1n) is 6.39. The third-order valence-corrected chi connectivity index (χ3v) is 5.09. The Bertz CT molecular complexity index is 676. The lowest BCUT2D eigenvalue weighted by molar-refractivity contribution is -0.384. The van der Waals surface area contributed by atoms with Crippen molar-refractivity contribution in [1.29, 1.82) is 0 Å². The molecule has 0 radical (unpaired) electrons. The predicted molar refractivity (Wildman–Crippen MR) is 82.1 cm³/mol. The minimum Gasteiger partial charge on any atom is -0.459 e. The number of nitro benzene ring substituents is 1. The molecule has 3 rings (SSSR count). The number of benzene rings is 1. The maximum absolute atomic E-state index is 12.1. The number of thiocarbonyl (C=S) groups is 1. The lowest BCUT2D eigenvalue weighted by Gasteiger charge is -2.35. The number of non-ortho nitro benzene ring substituents is 1. The normalized spacial score (nSPS) is 23.0. The van der Waals surface area contributed by atoms with E-state index in [4.69, 9.17) is 17.0 Å². The summed E-state index contributed by atoms with van der Waals surface area (Å²) in [4.78, 5) is 35.2. The molecule has 2 aliphatic rings. The zero-order valence-electron chi connectivity index (χ0n) is 11.1. The Balaban J connectivity index is 1.61. The molecule has 2 saturated heterocycles. The Morgan fingerprint density at radius 1 is 1.45 bits per heavy atom. The molecular formula is C13H10N2O5S2. The van der Waals surface area contributed by atoms with Crippen molar-refractivity contribution in [3.05, 3.63) is 39.9 Å². The van der Waals surface area contributed by atoms with E-state index in [1.165, 1.54) is 40.9 Å². The van der Waals surface area contributed by atoms with Gasteiger partial charge in [0.05, 0.1) is 20.9 Å². The Kier molecular flexibility index (Phi) is 3.83. The number of hydrogen-bond acceptors (Lipinski definition) is 7. The number of nitrogens with zero attached hydrogens (tertiary/aromatic N) is 2. The zero-order valence-corrected chi connectivity index (χ0v) is 12.8. The molecule has 0 bridgehead atoms. The van der Waals surface area contributed by atoms with Crippen LogP contribution in [0.2, 0.25) is 0 Å². The van der Waals surface area contributed by atoms with E-state index in [0.717, 1.165) is 0 Å². The minimum absolute atomic E-state index is 0.0205. The van der Waals surface area contributed by atoms with Crippen LogP contribution in [0.25, 0.3) is 0 Å². The smallest absolute Gasteiger partial charge is 0.335 e. The van der Waals surface area contributed by atoms with Crippen molar-refractivity contribution < 1.29 is 19.2 Å². The molecule has 2 aliphatic heterocycles. The third kappa shape index (κ3) is 2.57. The fraction of sp³-hybridized carbons (Fsp3) is 0.308. The van der Waals surface area contributed by atoms with Gasteiger partial charge >= 0.3 is 5.97 Å². The second-order valence-corrected chi connectivity index (χ2v) is 6.75. The van der Waals surface area contributed by atoms with Gasteiger partial charge in [-0.05, 0) is 17.7 Å². The highest BCUT2D eigenvalue weighted by Crippen LogP contribution is 2.41. The Morgan fingerprint density at radius 2 is 2.14 bits per heavy atom. The van der Waals surface area contributed by atoms with Crippen LogP contribution >= 0.6 is 24.0 Å².